The van der Waals surface area contributed by atoms with Crippen LogP contribution in [0.3, 0.4) is 0 Å². The van der Waals surface area contributed by atoms with Gasteiger partial charge in [-0.05, 0) is 30.0 Å². The van der Waals surface area contributed by atoms with Crippen LogP contribution in [0.2, 0.25) is 0 Å². The number of hydrogen-bond donors (Lipinski definition) is 0. The average Bonchev–Trinajstić information content (AvgIpc) is 3.06. The van der Waals surface area contributed by atoms with Gasteiger partial charge in [0, 0.05) is 22.0 Å². The van der Waals surface area contributed by atoms with Crippen molar-refractivity contribution >= 4 is 44.9 Å². The number of fused-ring (bicyclic) bond motifs is 5. The normalized spacial score (nSPS) is 12.6. The molecule has 6 rings (SSSR count). The molecule has 1 aromatic heterocycles. The van der Waals surface area contributed by atoms with Crippen molar-refractivity contribution in [3.05, 3.63) is 96.6 Å². The Morgan fingerprint density at radius 2 is 1.41 bits per heavy atom. The van der Waals surface area contributed by atoms with Gasteiger partial charge in [0.25, 0.3) is 0 Å². The lowest BCUT2D eigenvalue weighted by molar-refractivity contribution is 1.19. The van der Waals surface area contributed by atoms with Gasteiger partial charge in [0.05, 0.1) is 5.52 Å². The second kappa shape index (κ2) is 5.37. The van der Waals surface area contributed by atoms with E-state index in [-0.39, 0.29) is 6.71 Å². The third kappa shape index (κ3) is 1.90. The van der Waals surface area contributed by atoms with Gasteiger partial charge in [-0.1, -0.05) is 89.9 Å². The molecule has 1 nitrogen and oxygen atoms in total. The zero-order chi connectivity index (χ0) is 18.0. The Hall–Kier alpha value is -3.26. The number of nitrogens with zero attached hydrogens (tertiary/aromatic N) is 1. The molecule has 0 bridgehead atoms. The van der Waals surface area contributed by atoms with E-state index in [1.165, 1.54) is 49.4 Å². The van der Waals surface area contributed by atoms with Gasteiger partial charge in [0.2, 0.25) is 6.71 Å². The highest BCUT2D eigenvalue weighted by Crippen LogP contribution is 2.33. The van der Waals surface area contributed by atoms with Gasteiger partial charge in [-0.25, -0.2) is 0 Å². The highest BCUT2D eigenvalue weighted by molar-refractivity contribution is 6.98. The molecule has 0 saturated carbocycles. The van der Waals surface area contributed by atoms with Crippen LogP contribution in [0.25, 0.3) is 27.5 Å². The van der Waals surface area contributed by atoms with Crippen LogP contribution in [0.1, 0.15) is 5.56 Å². The van der Waals surface area contributed by atoms with Crippen molar-refractivity contribution in [3.8, 4) is 5.69 Å². The van der Waals surface area contributed by atoms with Gasteiger partial charge >= 0.3 is 0 Å². The van der Waals surface area contributed by atoms with E-state index in [1.807, 2.05) is 0 Å². The molecule has 0 aliphatic carbocycles. The van der Waals surface area contributed by atoms with Gasteiger partial charge in [-0.2, -0.15) is 0 Å². The third-order valence-electron chi connectivity index (χ3n) is 6.00. The first-order valence-electron chi connectivity index (χ1n) is 9.51. The van der Waals surface area contributed by atoms with Crippen LogP contribution < -0.4 is 16.4 Å². The molecule has 5 aromatic rings. The number of benzene rings is 4. The molecule has 0 saturated heterocycles. The summed E-state index contributed by atoms with van der Waals surface area (Å²) in [6.45, 7) is 2.52. The first kappa shape index (κ1) is 14.9. The minimum Gasteiger partial charge on any atom is -0.310 e. The fourth-order valence-corrected chi connectivity index (χ4v) is 4.88. The number of hydrogen-bond acceptors (Lipinski definition) is 0. The second-order valence-corrected chi connectivity index (χ2v) is 7.45. The lowest BCUT2D eigenvalue weighted by Gasteiger charge is -2.28. The maximum absolute atomic E-state index is 2.47. The molecule has 0 atom stereocenters. The van der Waals surface area contributed by atoms with E-state index in [0.29, 0.717) is 0 Å². The molecule has 0 amide bonds. The average molecular weight is 343 g/mol. The van der Waals surface area contributed by atoms with E-state index in [4.69, 9.17) is 0 Å². The molecule has 4 aromatic carbocycles. The topological polar surface area (TPSA) is 4.93 Å². The van der Waals surface area contributed by atoms with E-state index in [1.54, 1.807) is 0 Å². The van der Waals surface area contributed by atoms with Gasteiger partial charge in [-0.3, -0.25) is 0 Å². The summed E-state index contributed by atoms with van der Waals surface area (Å²) < 4.78 is 2.47. The lowest BCUT2D eigenvalue weighted by atomic mass is 9.35. The Morgan fingerprint density at radius 1 is 0.667 bits per heavy atom. The van der Waals surface area contributed by atoms with Gasteiger partial charge in [-0.15, -0.1) is 0 Å². The molecule has 2 heteroatoms. The number of aromatic nitrogens is 1. The number of rotatable bonds is 1. The summed E-state index contributed by atoms with van der Waals surface area (Å²) in [5.41, 5.74) is 9.49. The Kier molecular flexibility index (Phi) is 2.96. The van der Waals surface area contributed by atoms with Crippen molar-refractivity contribution in [1.82, 2.24) is 4.57 Å². The fourth-order valence-electron chi connectivity index (χ4n) is 4.88. The predicted molar refractivity (Wildman–Crippen MR) is 117 cm³/mol. The largest absolute Gasteiger partial charge is 0.310 e. The zero-order valence-electron chi connectivity index (χ0n) is 15.2. The Balaban J connectivity index is 1.88. The summed E-state index contributed by atoms with van der Waals surface area (Å²) in [6.07, 6.45) is 0. The van der Waals surface area contributed by atoms with E-state index in [0.717, 1.165) is 0 Å². The van der Waals surface area contributed by atoms with Crippen molar-refractivity contribution in [3.63, 3.8) is 0 Å². The van der Waals surface area contributed by atoms with E-state index >= 15 is 0 Å². The van der Waals surface area contributed by atoms with Crippen LogP contribution in [0, 0.1) is 6.92 Å². The summed E-state index contributed by atoms with van der Waals surface area (Å²) in [5.74, 6) is 0. The van der Waals surface area contributed by atoms with E-state index < -0.39 is 0 Å². The molecule has 0 radical (unpaired) electrons. The summed E-state index contributed by atoms with van der Waals surface area (Å²) >= 11 is 0. The van der Waals surface area contributed by atoms with Crippen molar-refractivity contribution in [1.29, 1.82) is 0 Å². The second-order valence-electron chi connectivity index (χ2n) is 7.45. The molecule has 27 heavy (non-hydrogen) atoms. The first-order chi connectivity index (χ1) is 13.3. The monoisotopic (exact) mass is 343 g/mol. The van der Waals surface area contributed by atoms with E-state index in [2.05, 4.69) is 102 Å². The Labute approximate surface area is 159 Å². The predicted octanol–water partition coefficient (Wildman–Crippen LogP) is 3.92. The summed E-state index contributed by atoms with van der Waals surface area (Å²) in [6, 6.07) is 33.2. The summed E-state index contributed by atoms with van der Waals surface area (Å²) in [7, 11) is 0. The van der Waals surface area contributed by atoms with Crippen LogP contribution in [0.5, 0.6) is 0 Å². The van der Waals surface area contributed by atoms with Crippen molar-refractivity contribution in [2.75, 3.05) is 0 Å². The Morgan fingerprint density at radius 3 is 2.30 bits per heavy atom. The fraction of sp³-hybridized carbons (Fsp3) is 0.0400. The molecular weight excluding hydrogens is 325 g/mol. The third-order valence-corrected chi connectivity index (χ3v) is 6.00. The minimum atomic E-state index is 0.267. The van der Waals surface area contributed by atoms with Gasteiger partial charge in [0.15, 0.2) is 0 Å². The summed E-state index contributed by atoms with van der Waals surface area (Å²) in [5, 5.41) is 2.68. The maximum Gasteiger partial charge on any atom is 0.247 e. The molecule has 126 valence electrons. The smallest absolute Gasteiger partial charge is 0.247 e. The Bertz CT molecular complexity index is 1330. The lowest BCUT2D eigenvalue weighted by Crippen LogP contribution is -2.56. The number of aryl methyl sites for hydroxylation is 1. The molecule has 1 aliphatic heterocycles. The van der Waals surface area contributed by atoms with Crippen molar-refractivity contribution in [2.45, 2.75) is 6.92 Å². The van der Waals surface area contributed by atoms with Crippen LogP contribution >= 0.6 is 0 Å². The van der Waals surface area contributed by atoms with Gasteiger partial charge in [0.1, 0.15) is 0 Å². The standard InChI is InChI=1S/C25H18BN/c1-17-15-16-20-19-11-5-7-13-22(19)27-23-14-8-6-12-21(23)26(24(17)25(20)27)18-9-3-2-4-10-18/h2-16H,1H3. The quantitative estimate of drug-likeness (QED) is 0.399. The van der Waals surface area contributed by atoms with Crippen molar-refractivity contribution in [2.24, 2.45) is 0 Å². The SMILES string of the molecule is Cc1ccc2c3ccccc3n3c2c1B(c1ccccc1)c1ccccc1-3. The first-order valence-corrected chi connectivity index (χ1v) is 9.51. The highest BCUT2D eigenvalue weighted by atomic mass is 15.0. The highest BCUT2D eigenvalue weighted by Gasteiger charge is 2.34. The zero-order valence-corrected chi connectivity index (χ0v) is 15.2. The molecule has 0 fully saturated rings. The van der Waals surface area contributed by atoms with Crippen molar-refractivity contribution < 1.29 is 0 Å². The molecular formula is C25H18BN. The summed E-state index contributed by atoms with van der Waals surface area (Å²) in [4.78, 5) is 0. The maximum atomic E-state index is 2.47. The molecule has 0 N–H and O–H groups in total. The van der Waals surface area contributed by atoms with Crippen LogP contribution in [0.15, 0.2) is 91.0 Å². The molecule has 0 spiro atoms. The molecule has 2 heterocycles. The van der Waals surface area contributed by atoms with E-state index in [9.17, 15) is 0 Å². The van der Waals surface area contributed by atoms with Gasteiger partial charge < -0.3 is 4.57 Å². The van der Waals surface area contributed by atoms with Crippen LogP contribution in [-0.4, -0.2) is 11.3 Å². The minimum absolute atomic E-state index is 0.267. The van der Waals surface area contributed by atoms with Crippen LogP contribution in [-0.2, 0) is 0 Å². The number of para-hydroxylation sites is 2. The molecule has 0 unspecified atom stereocenters. The van der Waals surface area contributed by atoms with Crippen LogP contribution in [0.4, 0.5) is 0 Å². The molecule has 1 aliphatic rings.